The second-order valence-corrected chi connectivity index (χ2v) is 4.99. The van der Waals surface area contributed by atoms with Crippen molar-refractivity contribution in [2.45, 2.75) is 13.8 Å². The molecule has 6 heteroatoms. The van der Waals surface area contributed by atoms with E-state index in [1.54, 1.807) is 19.1 Å². The molecule has 0 radical (unpaired) electrons. The Labute approximate surface area is 130 Å². The van der Waals surface area contributed by atoms with Gasteiger partial charge in [0.2, 0.25) is 5.76 Å². The van der Waals surface area contributed by atoms with Crippen LogP contribution in [0.25, 0.3) is 11.0 Å². The number of benzene rings is 1. The number of fused-ring (bicyclic) bond motifs is 1. The van der Waals surface area contributed by atoms with Gasteiger partial charge in [-0.15, -0.1) is 0 Å². The number of Topliss-reactive ketones (excluding diaryl/α,β-unsaturated/α-hetero) is 1. The molecule has 0 saturated carbocycles. The van der Waals surface area contributed by atoms with Crippen molar-refractivity contribution in [2.24, 2.45) is 0 Å². The molecule has 23 heavy (non-hydrogen) atoms. The fraction of sp³-hybridized carbons (Fsp3) is 0.118. The van der Waals surface area contributed by atoms with Gasteiger partial charge in [-0.25, -0.2) is 9.59 Å². The lowest BCUT2D eigenvalue weighted by Gasteiger charge is -2.10. The van der Waals surface area contributed by atoms with Gasteiger partial charge in [-0.3, -0.25) is 4.79 Å². The van der Waals surface area contributed by atoms with Crippen molar-refractivity contribution in [3.05, 3.63) is 63.9 Å². The summed E-state index contributed by atoms with van der Waals surface area (Å²) in [5.41, 5.74) is 0.241. The highest BCUT2D eigenvalue weighted by atomic mass is 16.5. The Morgan fingerprint density at radius 1 is 1.17 bits per heavy atom. The van der Waals surface area contributed by atoms with E-state index < -0.39 is 11.6 Å². The van der Waals surface area contributed by atoms with E-state index in [-0.39, 0.29) is 28.4 Å². The predicted octanol–water partition coefficient (Wildman–Crippen LogP) is 3.12. The Kier molecular flexibility index (Phi) is 3.57. The topological polar surface area (TPSA) is 86.7 Å². The van der Waals surface area contributed by atoms with Gasteiger partial charge in [0.25, 0.3) is 0 Å². The average Bonchev–Trinajstić information content (AvgIpc) is 3.00. The van der Waals surface area contributed by atoms with Crippen molar-refractivity contribution in [3.8, 4) is 5.75 Å². The molecule has 0 amide bonds. The van der Waals surface area contributed by atoms with E-state index in [1.165, 1.54) is 31.4 Å². The van der Waals surface area contributed by atoms with Crippen LogP contribution in [-0.4, -0.2) is 11.8 Å². The molecule has 0 saturated heterocycles. The van der Waals surface area contributed by atoms with Crippen LogP contribution in [0.1, 0.15) is 33.4 Å². The van der Waals surface area contributed by atoms with Crippen LogP contribution in [0.15, 0.2) is 50.2 Å². The maximum atomic E-state index is 12.0. The molecule has 0 fully saturated rings. The summed E-state index contributed by atoms with van der Waals surface area (Å²) >= 11 is 0. The zero-order valence-electron chi connectivity index (χ0n) is 12.4. The molecule has 3 aromatic rings. The van der Waals surface area contributed by atoms with Gasteiger partial charge in [-0.1, -0.05) is 0 Å². The number of carbonyl (C=O) groups excluding carboxylic acids is 2. The zero-order valence-corrected chi connectivity index (χ0v) is 12.4. The molecular formula is C17H12O6. The average molecular weight is 312 g/mol. The quantitative estimate of drug-likeness (QED) is 0.319. The molecular weight excluding hydrogens is 300 g/mol. The standard InChI is InChI=1S/C17H12O6/c1-9-8-14(19)23-16-11(9)5-6-12(15(16)10(2)18)22-17(20)13-4-3-7-21-13/h3-8H,1-2H3. The lowest BCUT2D eigenvalue weighted by atomic mass is 10.0. The van der Waals surface area contributed by atoms with Gasteiger partial charge < -0.3 is 13.6 Å². The molecule has 0 bridgehead atoms. The normalized spacial score (nSPS) is 10.7. The van der Waals surface area contributed by atoms with E-state index >= 15 is 0 Å². The molecule has 3 rings (SSSR count). The second-order valence-electron chi connectivity index (χ2n) is 4.99. The molecule has 0 atom stereocenters. The van der Waals surface area contributed by atoms with Crippen LogP contribution in [0.4, 0.5) is 0 Å². The van der Waals surface area contributed by atoms with Gasteiger partial charge in [-0.2, -0.15) is 0 Å². The number of aryl methyl sites for hydroxylation is 1. The lowest BCUT2D eigenvalue weighted by Crippen LogP contribution is -2.11. The molecule has 1 aromatic carbocycles. The molecule has 116 valence electrons. The minimum absolute atomic E-state index is 0.00490. The molecule has 2 heterocycles. The number of hydrogen-bond acceptors (Lipinski definition) is 6. The first-order valence-electron chi connectivity index (χ1n) is 6.81. The number of furan rings is 1. The minimum Gasteiger partial charge on any atom is -0.457 e. The van der Waals surface area contributed by atoms with Crippen molar-refractivity contribution in [1.82, 2.24) is 0 Å². The monoisotopic (exact) mass is 312 g/mol. The predicted molar refractivity (Wildman–Crippen MR) is 80.9 cm³/mol. The second kappa shape index (κ2) is 5.57. The van der Waals surface area contributed by atoms with Crippen molar-refractivity contribution in [1.29, 1.82) is 0 Å². The van der Waals surface area contributed by atoms with Crippen molar-refractivity contribution >= 4 is 22.7 Å². The third-order valence-electron chi connectivity index (χ3n) is 3.36. The summed E-state index contributed by atoms with van der Waals surface area (Å²) in [6.45, 7) is 3.04. The third-order valence-corrected chi connectivity index (χ3v) is 3.36. The molecule has 0 aliphatic heterocycles. The SMILES string of the molecule is CC(=O)c1c(OC(=O)c2ccco2)ccc2c(C)cc(=O)oc12. The summed E-state index contributed by atoms with van der Waals surface area (Å²) in [6, 6.07) is 7.45. The van der Waals surface area contributed by atoms with Gasteiger partial charge in [-0.05, 0) is 43.7 Å². The van der Waals surface area contributed by atoms with E-state index in [0.29, 0.717) is 10.9 Å². The van der Waals surface area contributed by atoms with E-state index in [4.69, 9.17) is 13.6 Å². The first kappa shape index (κ1) is 14.8. The number of carbonyl (C=O) groups is 2. The maximum absolute atomic E-state index is 12.0. The molecule has 2 aromatic heterocycles. The number of ketones is 1. The molecule has 0 aliphatic rings. The smallest absolute Gasteiger partial charge is 0.379 e. The zero-order chi connectivity index (χ0) is 16.6. The van der Waals surface area contributed by atoms with Crippen LogP contribution in [-0.2, 0) is 0 Å². The van der Waals surface area contributed by atoms with E-state index in [2.05, 4.69) is 0 Å². The van der Waals surface area contributed by atoms with Crippen LogP contribution >= 0.6 is 0 Å². The van der Waals surface area contributed by atoms with Gasteiger partial charge in [0.15, 0.2) is 11.4 Å². The molecule has 0 N–H and O–H groups in total. The van der Waals surface area contributed by atoms with Crippen molar-refractivity contribution in [3.63, 3.8) is 0 Å². The van der Waals surface area contributed by atoms with Crippen molar-refractivity contribution < 1.29 is 23.2 Å². The highest BCUT2D eigenvalue weighted by molar-refractivity contribution is 6.08. The van der Waals surface area contributed by atoms with Crippen LogP contribution < -0.4 is 10.4 Å². The third kappa shape index (κ3) is 2.66. The van der Waals surface area contributed by atoms with E-state index in [0.717, 1.165) is 0 Å². The first-order chi connectivity index (χ1) is 11.0. The van der Waals surface area contributed by atoms with Gasteiger partial charge in [0, 0.05) is 11.5 Å². The highest BCUT2D eigenvalue weighted by Gasteiger charge is 2.21. The van der Waals surface area contributed by atoms with Crippen LogP contribution in [0.5, 0.6) is 5.75 Å². The summed E-state index contributed by atoms with van der Waals surface area (Å²) in [5, 5.41) is 0.604. The summed E-state index contributed by atoms with van der Waals surface area (Å²) in [4.78, 5) is 35.6. The van der Waals surface area contributed by atoms with Gasteiger partial charge >= 0.3 is 11.6 Å². The number of esters is 1. The Morgan fingerprint density at radius 2 is 1.96 bits per heavy atom. The molecule has 0 unspecified atom stereocenters. The van der Waals surface area contributed by atoms with Crippen LogP contribution in [0, 0.1) is 6.92 Å². The number of hydrogen-bond donors (Lipinski definition) is 0. The summed E-state index contributed by atoms with van der Waals surface area (Å²) in [5.74, 6) is -1.11. The van der Waals surface area contributed by atoms with E-state index in [1.807, 2.05) is 0 Å². The fourth-order valence-corrected chi connectivity index (χ4v) is 2.33. The largest absolute Gasteiger partial charge is 0.457 e. The Morgan fingerprint density at radius 3 is 2.61 bits per heavy atom. The van der Waals surface area contributed by atoms with Crippen LogP contribution in [0.2, 0.25) is 0 Å². The Balaban J connectivity index is 2.17. The Hall–Kier alpha value is -3.15. The number of rotatable bonds is 3. The summed E-state index contributed by atoms with van der Waals surface area (Å²) in [6.07, 6.45) is 1.34. The number of ether oxygens (including phenoxy) is 1. The lowest BCUT2D eigenvalue weighted by molar-refractivity contribution is 0.0700. The highest BCUT2D eigenvalue weighted by Crippen LogP contribution is 2.30. The Bertz CT molecular complexity index is 963. The summed E-state index contributed by atoms with van der Waals surface area (Å²) in [7, 11) is 0. The fourth-order valence-electron chi connectivity index (χ4n) is 2.33. The van der Waals surface area contributed by atoms with Crippen molar-refractivity contribution in [2.75, 3.05) is 0 Å². The molecule has 6 nitrogen and oxygen atoms in total. The van der Waals surface area contributed by atoms with Gasteiger partial charge in [0.05, 0.1) is 6.26 Å². The van der Waals surface area contributed by atoms with Crippen LogP contribution in [0.3, 0.4) is 0 Å². The minimum atomic E-state index is -0.744. The maximum Gasteiger partial charge on any atom is 0.379 e. The summed E-state index contributed by atoms with van der Waals surface area (Å²) < 4.78 is 15.3. The molecule has 0 spiro atoms. The molecule has 0 aliphatic carbocycles. The van der Waals surface area contributed by atoms with Gasteiger partial charge in [0.1, 0.15) is 11.3 Å². The van der Waals surface area contributed by atoms with E-state index in [9.17, 15) is 14.4 Å². The first-order valence-corrected chi connectivity index (χ1v) is 6.81.